The number of nitrogens with zero attached hydrogens (tertiary/aromatic N) is 1. The number of H-pyrrole nitrogens is 1. The molecule has 6 heteroatoms. The molecular formula is C10H9ClN2O3. The van der Waals surface area contributed by atoms with Gasteiger partial charge in [-0.15, -0.1) is 11.6 Å². The highest BCUT2D eigenvalue weighted by Gasteiger charge is 2.11. The average Bonchev–Trinajstić information content (AvgIpc) is 2.65. The van der Waals surface area contributed by atoms with Gasteiger partial charge >= 0.3 is 5.76 Å². The summed E-state index contributed by atoms with van der Waals surface area (Å²) in [5, 5.41) is 0. The molecule has 0 aliphatic carbocycles. The normalized spacial score (nSPS) is 10.6. The van der Waals surface area contributed by atoms with Crippen LogP contribution in [-0.2, 0) is 4.79 Å². The summed E-state index contributed by atoms with van der Waals surface area (Å²) in [6.07, 6.45) is 0. The van der Waals surface area contributed by atoms with Crippen molar-refractivity contribution in [3.63, 3.8) is 0 Å². The summed E-state index contributed by atoms with van der Waals surface area (Å²) in [6, 6.07) is 4.99. The van der Waals surface area contributed by atoms with Crippen molar-refractivity contribution in [3.05, 3.63) is 28.7 Å². The van der Waals surface area contributed by atoms with Crippen molar-refractivity contribution in [2.45, 2.75) is 0 Å². The second-order valence-electron chi connectivity index (χ2n) is 3.28. The highest BCUT2D eigenvalue weighted by Crippen LogP contribution is 2.19. The number of halogens is 1. The van der Waals surface area contributed by atoms with Gasteiger partial charge in [-0.2, -0.15) is 0 Å². The fourth-order valence-corrected chi connectivity index (χ4v) is 1.56. The fraction of sp³-hybridized carbons (Fsp3) is 0.200. The summed E-state index contributed by atoms with van der Waals surface area (Å²) in [5.41, 5.74) is 1.64. The summed E-state index contributed by atoms with van der Waals surface area (Å²) in [6.45, 7) is 0. The van der Waals surface area contributed by atoms with Gasteiger partial charge in [0.2, 0.25) is 5.91 Å². The molecule has 1 amide bonds. The van der Waals surface area contributed by atoms with Gasteiger partial charge in [0.1, 0.15) is 5.88 Å². The molecule has 2 aromatic rings. The van der Waals surface area contributed by atoms with Gasteiger partial charge in [-0.05, 0) is 12.1 Å². The second kappa shape index (κ2) is 4.02. The van der Waals surface area contributed by atoms with Gasteiger partial charge in [0.05, 0.1) is 5.52 Å². The molecule has 2 rings (SSSR count). The van der Waals surface area contributed by atoms with Gasteiger partial charge in [0, 0.05) is 18.8 Å². The number of amides is 1. The van der Waals surface area contributed by atoms with E-state index in [2.05, 4.69) is 4.98 Å². The molecule has 0 spiro atoms. The van der Waals surface area contributed by atoms with Crippen molar-refractivity contribution in [1.82, 2.24) is 4.98 Å². The average molecular weight is 241 g/mol. The first kappa shape index (κ1) is 10.8. The summed E-state index contributed by atoms with van der Waals surface area (Å²) in [7, 11) is 1.61. The molecule has 1 heterocycles. The molecule has 0 fully saturated rings. The zero-order valence-corrected chi connectivity index (χ0v) is 9.25. The lowest BCUT2D eigenvalue weighted by Crippen LogP contribution is -2.27. The zero-order chi connectivity index (χ0) is 11.7. The Hall–Kier alpha value is -1.75. The third-order valence-electron chi connectivity index (χ3n) is 2.28. The molecule has 0 bridgehead atoms. The van der Waals surface area contributed by atoms with Gasteiger partial charge in [0.15, 0.2) is 5.58 Å². The molecule has 1 N–H and O–H groups in total. The molecule has 0 aliphatic rings. The number of nitrogens with one attached hydrogen (secondary N) is 1. The van der Waals surface area contributed by atoms with E-state index in [0.717, 1.165) is 0 Å². The quantitative estimate of drug-likeness (QED) is 0.806. The number of hydrogen-bond acceptors (Lipinski definition) is 3. The first-order chi connectivity index (χ1) is 7.61. The van der Waals surface area contributed by atoms with E-state index in [1.807, 2.05) is 0 Å². The largest absolute Gasteiger partial charge is 0.417 e. The van der Waals surface area contributed by atoms with Crippen molar-refractivity contribution >= 4 is 34.3 Å². The Kier molecular flexibility index (Phi) is 2.70. The minimum absolute atomic E-state index is 0.0916. The SMILES string of the molecule is CN(C(=O)CCl)c1ccc2[nH]c(=O)oc2c1. The summed E-state index contributed by atoms with van der Waals surface area (Å²) >= 11 is 5.45. The molecule has 16 heavy (non-hydrogen) atoms. The van der Waals surface area contributed by atoms with E-state index in [9.17, 15) is 9.59 Å². The molecule has 5 nitrogen and oxygen atoms in total. The van der Waals surface area contributed by atoms with Crippen LogP contribution < -0.4 is 10.7 Å². The van der Waals surface area contributed by atoms with Crippen LogP contribution in [0, 0.1) is 0 Å². The predicted octanol–water partition coefficient (Wildman–Crippen LogP) is 1.32. The number of aromatic nitrogens is 1. The number of benzene rings is 1. The van der Waals surface area contributed by atoms with Crippen LogP contribution in [0.5, 0.6) is 0 Å². The molecule has 0 atom stereocenters. The van der Waals surface area contributed by atoms with Crippen molar-refractivity contribution in [2.75, 3.05) is 17.8 Å². The van der Waals surface area contributed by atoms with E-state index < -0.39 is 5.76 Å². The number of fused-ring (bicyclic) bond motifs is 1. The van der Waals surface area contributed by atoms with E-state index in [-0.39, 0.29) is 11.8 Å². The van der Waals surface area contributed by atoms with Crippen molar-refractivity contribution in [3.8, 4) is 0 Å². The molecular weight excluding hydrogens is 232 g/mol. The molecule has 1 aromatic heterocycles. The summed E-state index contributed by atoms with van der Waals surface area (Å²) < 4.78 is 4.89. The van der Waals surface area contributed by atoms with Crippen molar-refractivity contribution < 1.29 is 9.21 Å². The number of anilines is 1. The maximum atomic E-state index is 11.3. The number of alkyl halides is 1. The third-order valence-corrected chi connectivity index (χ3v) is 2.51. The van der Waals surface area contributed by atoms with Gasteiger partial charge in [0.25, 0.3) is 0 Å². The topological polar surface area (TPSA) is 66.3 Å². The first-order valence-electron chi connectivity index (χ1n) is 4.57. The van der Waals surface area contributed by atoms with Crippen LogP contribution in [0.25, 0.3) is 11.1 Å². The molecule has 1 aromatic carbocycles. The van der Waals surface area contributed by atoms with Crippen LogP contribution in [-0.4, -0.2) is 23.8 Å². The van der Waals surface area contributed by atoms with Crippen LogP contribution in [0.15, 0.2) is 27.4 Å². The van der Waals surface area contributed by atoms with Crippen LogP contribution in [0.3, 0.4) is 0 Å². The Morgan fingerprint density at radius 1 is 1.56 bits per heavy atom. The molecule has 0 aliphatic heterocycles. The van der Waals surface area contributed by atoms with Crippen LogP contribution in [0.1, 0.15) is 0 Å². The fourth-order valence-electron chi connectivity index (χ4n) is 1.38. The number of carbonyl (C=O) groups excluding carboxylic acids is 1. The minimum Gasteiger partial charge on any atom is -0.408 e. The number of carbonyl (C=O) groups is 1. The van der Waals surface area contributed by atoms with E-state index in [1.54, 1.807) is 25.2 Å². The molecule has 0 saturated heterocycles. The Labute approximate surface area is 95.6 Å². The number of hydrogen-bond donors (Lipinski definition) is 1. The van der Waals surface area contributed by atoms with Crippen LogP contribution in [0.4, 0.5) is 5.69 Å². The smallest absolute Gasteiger partial charge is 0.408 e. The lowest BCUT2D eigenvalue weighted by Gasteiger charge is -2.15. The van der Waals surface area contributed by atoms with E-state index in [4.69, 9.17) is 16.0 Å². The Bertz CT molecular complexity index is 587. The Morgan fingerprint density at radius 3 is 3.00 bits per heavy atom. The van der Waals surface area contributed by atoms with Gasteiger partial charge < -0.3 is 9.32 Å². The summed E-state index contributed by atoms with van der Waals surface area (Å²) in [5.74, 6) is -0.830. The molecule has 0 unspecified atom stereocenters. The lowest BCUT2D eigenvalue weighted by atomic mass is 10.2. The third kappa shape index (κ3) is 1.81. The van der Waals surface area contributed by atoms with Crippen LogP contribution >= 0.6 is 11.6 Å². The monoisotopic (exact) mass is 240 g/mol. The highest BCUT2D eigenvalue weighted by molar-refractivity contribution is 6.29. The van der Waals surface area contributed by atoms with E-state index in [0.29, 0.717) is 16.8 Å². The highest BCUT2D eigenvalue weighted by atomic mass is 35.5. The standard InChI is InChI=1S/C10H9ClN2O3/c1-13(9(14)5-11)6-2-3-7-8(4-6)16-10(15)12-7/h2-4H,5H2,1H3,(H,12,15). The van der Waals surface area contributed by atoms with E-state index in [1.165, 1.54) is 4.90 Å². The van der Waals surface area contributed by atoms with Crippen LogP contribution in [0.2, 0.25) is 0 Å². The first-order valence-corrected chi connectivity index (χ1v) is 5.10. The van der Waals surface area contributed by atoms with E-state index >= 15 is 0 Å². The number of oxazole rings is 1. The Morgan fingerprint density at radius 2 is 2.31 bits per heavy atom. The minimum atomic E-state index is -0.515. The van der Waals surface area contributed by atoms with Crippen molar-refractivity contribution in [2.24, 2.45) is 0 Å². The maximum Gasteiger partial charge on any atom is 0.417 e. The number of aromatic amines is 1. The molecule has 84 valence electrons. The van der Waals surface area contributed by atoms with Gasteiger partial charge in [-0.3, -0.25) is 9.78 Å². The van der Waals surface area contributed by atoms with Gasteiger partial charge in [-0.25, -0.2) is 4.79 Å². The molecule has 0 saturated carbocycles. The maximum absolute atomic E-state index is 11.3. The Balaban J connectivity index is 2.46. The second-order valence-corrected chi connectivity index (χ2v) is 3.55. The predicted molar refractivity (Wildman–Crippen MR) is 61.0 cm³/mol. The number of rotatable bonds is 2. The van der Waals surface area contributed by atoms with Gasteiger partial charge in [-0.1, -0.05) is 0 Å². The lowest BCUT2D eigenvalue weighted by molar-refractivity contribution is -0.116. The zero-order valence-electron chi connectivity index (χ0n) is 8.49. The summed E-state index contributed by atoms with van der Waals surface area (Å²) in [4.78, 5) is 26.2. The van der Waals surface area contributed by atoms with Crippen molar-refractivity contribution in [1.29, 1.82) is 0 Å². The molecule has 0 radical (unpaired) electrons.